The molecule has 4 rings (SSSR count). The Bertz CT molecular complexity index is 1400. The van der Waals surface area contributed by atoms with Crippen molar-refractivity contribution in [2.24, 2.45) is 5.73 Å². The van der Waals surface area contributed by atoms with E-state index in [1.165, 1.54) is 0 Å². The Morgan fingerprint density at radius 2 is 1.95 bits per heavy atom. The third-order valence-corrected chi connectivity index (χ3v) is 6.51. The van der Waals surface area contributed by atoms with Crippen molar-refractivity contribution in [1.29, 1.82) is 0 Å². The van der Waals surface area contributed by atoms with Crippen LogP contribution >= 0.6 is 0 Å². The molecule has 1 saturated heterocycles. The van der Waals surface area contributed by atoms with E-state index < -0.39 is 29.2 Å². The van der Waals surface area contributed by atoms with Crippen LogP contribution in [-0.2, 0) is 11.2 Å². The first-order valence-corrected chi connectivity index (χ1v) is 13.1. The first-order chi connectivity index (χ1) is 19.2. The van der Waals surface area contributed by atoms with Crippen LogP contribution in [0.2, 0.25) is 0 Å². The second-order valence-electron chi connectivity index (χ2n) is 9.36. The number of piperidine rings is 1. The predicted molar refractivity (Wildman–Crippen MR) is 146 cm³/mol. The van der Waals surface area contributed by atoms with E-state index in [1.807, 2.05) is 10.9 Å². The summed E-state index contributed by atoms with van der Waals surface area (Å²) in [5.41, 5.74) is 5.89. The molecule has 3 aromatic rings. The lowest BCUT2D eigenvalue weighted by atomic mass is 10.1. The van der Waals surface area contributed by atoms with E-state index in [2.05, 4.69) is 44.1 Å². The molecule has 1 aliphatic heterocycles. The van der Waals surface area contributed by atoms with Gasteiger partial charge in [-0.05, 0) is 38.3 Å². The number of carbonyl (C=O) groups excluding carboxylic acids is 2. The molecule has 0 unspecified atom stereocenters. The van der Waals surface area contributed by atoms with Crippen LogP contribution in [0.5, 0.6) is 11.6 Å². The molecule has 2 amide bonds. The number of aryl methyl sites for hydroxylation is 1. The Morgan fingerprint density at radius 1 is 1.20 bits per heavy atom. The number of nitrogens with one attached hydrogen (secondary N) is 2. The molecule has 1 aliphatic rings. The number of anilines is 3. The smallest absolute Gasteiger partial charge is 0.271 e. The largest absolute Gasteiger partial charge is 0.434 e. The Kier molecular flexibility index (Phi) is 9.04. The van der Waals surface area contributed by atoms with Crippen molar-refractivity contribution < 1.29 is 23.1 Å². The van der Waals surface area contributed by atoms with Crippen LogP contribution in [0.3, 0.4) is 0 Å². The molecule has 11 nitrogen and oxygen atoms in total. The summed E-state index contributed by atoms with van der Waals surface area (Å²) in [6, 6.07) is 1.80. The van der Waals surface area contributed by atoms with Crippen molar-refractivity contribution in [1.82, 2.24) is 24.6 Å². The fraction of sp³-hybridized carbons (Fsp3) is 0.370. The summed E-state index contributed by atoms with van der Waals surface area (Å²) in [6.45, 7) is 10.3. The lowest BCUT2D eigenvalue weighted by Gasteiger charge is -2.31. The van der Waals surface area contributed by atoms with Gasteiger partial charge in [-0.15, -0.1) is 0 Å². The van der Waals surface area contributed by atoms with E-state index >= 15 is 0 Å². The van der Waals surface area contributed by atoms with Gasteiger partial charge in [0.05, 0.1) is 23.6 Å². The SMILES string of the molecule is C=CC(=O)Nc1cc(Oc2nc(Nc3cnn(C4CCN(CCC)CC4)c3)c(C(N)=O)nc2CC)c(F)cc1F. The summed E-state index contributed by atoms with van der Waals surface area (Å²) >= 11 is 0. The maximum Gasteiger partial charge on any atom is 0.271 e. The van der Waals surface area contributed by atoms with E-state index in [0.717, 1.165) is 51.0 Å². The normalized spacial score (nSPS) is 14.1. The van der Waals surface area contributed by atoms with Crippen molar-refractivity contribution in [2.75, 3.05) is 30.3 Å². The van der Waals surface area contributed by atoms with Gasteiger partial charge in [0, 0.05) is 31.4 Å². The second kappa shape index (κ2) is 12.6. The maximum absolute atomic E-state index is 14.6. The third-order valence-electron chi connectivity index (χ3n) is 6.51. The molecule has 0 bridgehead atoms. The zero-order valence-corrected chi connectivity index (χ0v) is 22.4. The molecule has 2 aromatic heterocycles. The molecule has 1 aromatic carbocycles. The quantitative estimate of drug-likeness (QED) is 0.298. The molecule has 13 heteroatoms. The van der Waals surface area contributed by atoms with Gasteiger partial charge < -0.3 is 26.0 Å². The number of carbonyl (C=O) groups is 2. The molecule has 1 fully saturated rings. The van der Waals surface area contributed by atoms with Gasteiger partial charge in [-0.1, -0.05) is 20.4 Å². The number of aromatic nitrogens is 4. The van der Waals surface area contributed by atoms with Crippen molar-refractivity contribution >= 4 is 29.0 Å². The molecule has 4 N–H and O–H groups in total. The molecule has 40 heavy (non-hydrogen) atoms. The highest BCUT2D eigenvalue weighted by atomic mass is 19.1. The first kappa shape index (κ1) is 28.6. The first-order valence-electron chi connectivity index (χ1n) is 13.1. The van der Waals surface area contributed by atoms with E-state index in [-0.39, 0.29) is 41.2 Å². The highest BCUT2D eigenvalue weighted by molar-refractivity contribution is 5.99. The van der Waals surface area contributed by atoms with E-state index in [4.69, 9.17) is 10.5 Å². The third kappa shape index (κ3) is 6.60. The topological polar surface area (TPSA) is 140 Å². The fourth-order valence-corrected chi connectivity index (χ4v) is 4.48. The lowest BCUT2D eigenvalue weighted by Crippen LogP contribution is -2.35. The molecule has 0 atom stereocenters. The zero-order chi connectivity index (χ0) is 28.8. The summed E-state index contributed by atoms with van der Waals surface area (Å²) in [5.74, 6) is -4.09. The van der Waals surface area contributed by atoms with Gasteiger partial charge in [0.1, 0.15) is 11.5 Å². The lowest BCUT2D eigenvalue weighted by molar-refractivity contribution is -0.111. The number of ether oxygens (including phenoxy) is 1. The Morgan fingerprint density at radius 3 is 2.60 bits per heavy atom. The number of amides is 2. The van der Waals surface area contributed by atoms with E-state index in [9.17, 15) is 18.4 Å². The highest BCUT2D eigenvalue weighted by Crippen LogP contribution is 2.32. The fourth-order valence-electron chi connectivity index (χ4n) is 4.48. The molecule has 0 aliphatic carbocycles. The summed E-state index contributed by atoms with van der Waals surface area (Å²) < 4.78 is 36.4. The maximum atomic E-state index is 14.6. The van der Waals surface area contributed by atoms with Crippen LogP contribution in [0, 0.1) is 11.6 Å². The summed E-state index contributed by atoms with van der Waals surface area (Å²) in [4.78, 5) is 35.0. The number of likely N-dealkylation sites (tertiary alicyclic amines) is 1. The number of halogens is 2. The van der Waals surface area contributed by atoms with Crippen molar-refractivity contribution in [3.63, 3.8) is 0 Å². The molecule has 3 heterocycles. The summed E-state index contributed by atoms with van der Waals surface area (Å²) in [5, 5.41) is 9.75. The van der Waals surface area contributed by atoms with Crippen LogP contribution in [0.15, 0.2) is 37.2 Å². The minimum Gasteiger partial charge on any atom is -0.434 e. The number of benzene rings is 1. The number of hydrogen-bond donors (Lipinski definition) is 3. The van der Waals surface area contributed by atoms with Gasteiger partial charge in [0.25, 0.3) is 5.91 Å². The Balaban J connectivity index is 1.60. The minimum absolute atomic E-state index is 0.0141. The predicted octanol–water partition coefficient (Wildman–Crippen LogP) is 4.32. The van der Waals surface area contributed by atoms with Gasteiger partial charge in [-0.3, -0.25) is 14.3 Å². The van der Waals surface area contributed by atoms with Crippen molar-refractivity contribution in [3.05, 3.63) is 60.2 Å². The zero-order valence-electron chi connectivity index (χ0n) is 22.4. The molecular formula is C27H32F2N8O3. The Hall–Kier alpha value is -4.39. The Labute approximate surface area is 230 Å². The van der Waals surface area contributed by atoms with Crippen LogP contribution < -0.4 is 21.1 Å². The summed E-state index contributed by atoms with van der Waals surface area (Å²) in [7, 11) is 0. The van der Waals surface area contributed by atoms with Gasteiger partial charge in [0.15, 0.2) is 23.1 Å². The van der Waals surface area contributed by atoms with E-state index in [1.54, 1.807) is 13.1 Å². The molecule has 212 valence electrons. The number of primary amides is 1. The van der Waals surface area contributed by atoms with E-state index in [0.29, 0.717) is 11.8 Å². The number of nitrogens with zero attached hydrogens (tertiary/aromatic N) is 5. The van der Waals surface area contributed by atoms with Gasteiger partial charge in [-0.25, -0.2) is 13.8 Å². The molecule has 0 radical (unpaired) electrons. The van der Waals surface area contributed by atoms with Crippen LogP contribution in [0.1, 0.15) is 55.3 Å². The highest BCUT2D eigenvalue weighted by Gasteiger charge is 2.23. The second-order valence-corrected chi connectivity index (χ2v) is 9.36. The molecule has 0 saturated carbocycles. The molecular weight excluding hydrogens is 522 g/mol. The minimum atomic E-state index is -1.03. The number of nitrogens with two attached hydrogens (primary N) is 1. The average Bonchev–Trinajstić information content (AvgIpc) is 3.40. The van der Waals surface area contributed by atoms with Crippen molar-refractivity contribution in [2.45, 2.75) is 45.6 Å². The van der Waals surface area contributed by atoms with Gasteiger partial charge >= 0.3 is 0 Å². The van der Waals surface area contributed by atoms with Crippen LogP contribution in [-0.4, -0.2) is 56.1 Å². The van der Waals surface area contributed by atoms with Crippen LogP contribution in [0.25, 0.3) is 0 Å². The van der Waals surface area contributed by atoms with Gasteiger partial charge in [-0.2, -0.15) is 10.1 Å². The van der Waals surface area contributed by atoms with Crippen molar-refractivity contribution in [3.8, 4) is 11.6 Å². The molecule has 0 spiro atoms. The monoisotopic (exact) mass is 554 g/mol. The number of hydrogen-bond acceptors (Lipinski definition) is 8. The average molecular weight is 555 g/mol. The van der Waals surface area contributed by atoms with Gasteiger partial charge in [0.2, 0.25) is 11.8 Å². The summed E-state index contributed by atoms with van der Waals surface area (Å²) in [6.07, 6.45) is 7.68. The standard InChI is InChI=1S/C27H32F2N8O3/c1-4-9-36-10-7-17(8-11-36)37-15-16(14-31-37)32-26-24(25(30)39)34-20(5-2)27(35-26)40-22-13-21(33-23(38)6-3)18(28)12-19(22)29/h6,12-15,17H,3-5,7-11H2,1-2H3,(H2,30,39)(H,32,35)(H,33,38). The van der Waals surface area contributed by atoms with Crippen LogP contribution in [0.4, 0.5) is 26.0 Å². The number of rotatable bonds is 11.